The van der Waals surface area contributed by atoms with Gasteiger partial charge in [0.15, 0.2) is 6.61 Å². The van der Waals surface area contributed by atoms with Gasteiger partial charge in [-0.3, -0.25) is 9.59 Å². The molecule has 0 saturated carbocycles. The number of hydrogen-bond donors (Lipinski definition) is 2. The molecule has 2 rings (SSSR count). The van der Waals surface area contributed by atoms with E-state index in [-0.39, 0.29) is 18.4 Å². The minimum atomic E-state index is -0.270. The molecule has 0 heterocycles. The maximum atomic E-state index is 12.2. The summed E-state index contributed by atoms with van der Waals surface area (Å²) in [7, 11) is 0. The molecule has 0 aromatic heterocycles. The van der Waals surface area contributed by atoms with Crippen LogP contribution >= 0.6 is 15.9 Å². The number of benzene rings is 2. The molecule has 2 N–H and O–H groups in total. The molecule has 6 heteroatoms. The molecule has 0 aliphatic carbocycles. The molecule has 0 unspecified atom stereocenters. The van der Waals surface area contributed by atoms with Crippen molar-refractivity contribution < 1.29 is 14.3 Å². The van der Waals surface area contributed by atoms with Crippen molar-refractivity contribution in [2.45, 2.75) is 33.6 Å². The van der Waals surface area contributed by atoms with Gasteiger partial charge in [0.05, 0.1) is 4.47 Å². The molecule has 0 saturated heterocycles. The number of aryl methyl sites for hydroxylation is 2. The third-order valence-corrected chi connectivity index (χ3v) is 4.22. The van der Waals surface area contributed by atoms with Gasteiger partial charge < -0.3 is 15.4 Å². The van der Waals surface area contributed by atoms with Crippen LogP contribution in [0.4, 0.5) is 11.4 Å². The second kappa shape index (κ2) is 9.38. The Balaban J connectivity index is 1.95. The highest BCUT2D eigenvalue weighted by Gasteiger charge is 2.10. The first-order valence-corrected chi connectivity index (χ1v) is 9.27. The Morgan fingerprint density at radius 3 is 2.31 bits per heavy atom. The Morgan fingerprint density at radius 1 is 1.04 bits per heavy atom. The largest absolute Gasteiger partial charge is 0.482 e. The van der Waals surface area contributed by atoms with Gasteiger partial charge in [-0.05, 0) is 71.6 Å². The minimum absolute atomic E-state index is 0.0426. The first kappa shape index (κ1) is 20.0. The Bertz CT molecular complexity index is 782. The highest BCUT2D eigenvalue weighted by atomic mass is 79.9. The fraction of sp³-hybridized carbons (Fsp3) is 0.300. The molecule has 0 atom stereocenters. The monoisotopic (exact) mass is 418 g/mol. The van der Waals surface area contributed by atoms with Crippen LogP contribution in [0, 0.1) is 13.8 Å². The molecule has 0 aliphatic heterocycles. The topological polar surface area (TPSA) is 67.4 Å². The molecule has 5 nitrogen and oxygen atoms in total. The van der Waals surface area contributed by atoms with Crippen LogP contribution in [0.5, 0.6) is 5.75 Å². The summed E-state index contributed by atoms with van der Waals surface area (Å²) in [6, 6.07) is 11.0. The molecule has 0 radical (unpaired) electrons. The summed E-state index contributed by atoms with van der Waals surface area (Å²) in [5, 5.41) is 5.58. The second-order valence-corrected chi connectivity index (χ2v) is 6.96. The van der Waals surface area contributed by atoms with Gasteiger partial charge in [-0.25, -0.2) is 0 Å². The van der Waals surface area contributed by atoms with Crippen molar-refractivity contribution in [3.63, 3.8) is 0 Å². The van der Waals surface area contributed by atoms with Crippen LogP contribution in [0.3, 0.4) is 0 Å². The van der Waals surface area contributed by atoms with E-state index in [9.17, 15) is 9.59 Å². The van der Waals surface area contributed by atoms with Crippen LogP contribution in [0.25, 0.3) is 0 Å². The number of anilines is 2. The lowest BCUT2D eigenvalue weighted by Gasteiger charge is -2.13. The van der Waals surface area contributed by atoms with Crippen molar-refractivity contribution in [3.05, 3.63) is 52.0 Å². The van der Waals surface area contributed by atoms with Crippen molar-refractivity contribution in [1.82, 2.24) is 0 Å². The van der Waals surface area contributed by atoms with Crippen LogP contribution in [-0.4, -0.2) is 18.4 Å². The molecular formula is C20H23BrN2O3. The average molecular weight is 419 g/mol. The fourth-order valence-electron chi connectivity index (χ4n) is 2.55. The summed E-state index contributed by atoms with van der Waals surface area (Å²) < 4.78 is 6.48. The van der Waals surface area contributed by atoms with Gasteiger partial charge in [0.25, 0.3) is 5.91 Å². The number of nitrogens with one attached hydrogen (secondary N) is 2. The molecule has 0 bridgehead atoms. The number of amides is 2. The Morgan fingerprint density at radius 2 is 1.69 bits per heavy atom. The quantitative estimate of drug-likeness (QED) is 0.676. The molecule has 2 aromatic carbocycles. The van der Waals surface area contributed by atoms with E-state index in [2.05, 4.69) is 26.6 Å². The maximum absolute atomic E-state index is 12.2. The first-order chi connectivity index (χ1) is 12.4. The van der Waals surface area contributed by atoms with Crippen molar-refractivity contribution in [3.8, 4) is 5.75 Å². The van der Waals surface area contributed by atoms with Gasteiger partial charge in [0.2, 0.25) is 5.91 Å². The zero-order valence-electron chi connectivity index (χ0n) is 15.2. The molecular weight excluding hydrogens is 396 g/mol. The van der Waals surface area contributed by atoms with Crippen LogP contribution in [0.2, 0.25) is 0 Å². The summed E-state index contributed by atoms with van der Waals surface area (Å²) in [4.78, 5) is 23.8. The zero-order chi connectivity index (χ0) is 19.1. The Kier molecular flexibility index (Phi) is 7.21. The third-order valence-electron chi connectivity index (χ3n) is 3.63. The number of halogens is 1. The van der Waals surface area contributed by atoms with Gasteiger partial charge >= 0.3 is 0 Å². The van der Waals surface area contributed by atoms with Crippen molar-refractivity contribution in [2.75, 3.05) is 17.2 Å². The number of hydrogen-bond acceptors (Lipinski definition) is 3. The van der Waals surface area contributed by atoms with Crippen LogP contribution < -0.4 is 15.4 Å². The van der Waals surface area contributed by atoms with Crippen LogP contribution in [-0.2, 0) is 9.59 Å². The molecule has 0 aliphatic rings. The first-order valence-electron chi connectivity index (χ1n) is 8.48. The lowest BCUT2D eigenvalue weighted by atomic mass is 10.1. The Labute approximate surface area is 162 Å². The maximum Gasteiger partial charge on any atom is 0.262 e. The van der Waals surface area contributed by atoms with E-state index < -0.39 is 0 Å². The number of carbonyl (C=O) groups excluding carboxylic acids is 2. The van der Waals surface area contributed by atoms with Gasteiger partial charge in [-0.1, -0.05) is 19.1 Å². The second-order valence-electron chi connectivity index (χ2n) is 6.11. The smallest absolute Gasteiger partial charge is 0.262 e. The summed E-state index contributed by atoms with van der Waals surface area (Å²) >= 11 is 3.46. The number of carbonyl (C=O) groups is 2. The van der Waals surface area contributed by atoms with E-state index in [4.69, 9.17) is 4.74 Å². The molecule has 0 spiro atoms. The van der Waals surface area contributed by atoms with E-state index in [1.807, 2.05) is 32.9 Å². The third kappa shape index (κ3) is 5.88. The molecule has 2 aromatic rings. The standard InChI is InChI=1S/C20H23BrN2O3/c1-4-6-18(24)22-15-7-5-8-16(11-15)23-19(25)12-26-20-14(3)9-13(2)10-17(20)21/h5,7-11H,4,6,12H2,1-3H3,(H,22,24)(H,23,25). The lowest BCUT2D eigenvalue weighted by Crippen LogP contribution is -2.20. The van der Waals surface area contributed by atoms with Crippen LogP contribution in [0.15, 0.2) is 40.9 Å². The predicted molar refractivity (Wildman–Crippen MR) is 108 cm³/mol. The summed E-state index contributed by atoms with van der Waals surface area (Å²) in [6.45, 7) is 5.78. The highest BCUT2D eigenvalue weighted by Crippen LogP contribution is 2.30. The summed E-state index contributed by atoms with van der Waals surface area (Å²) in [6.07, 6.45) is 1.25. The van der Waals surface area contributed by atoms with Crippen molar-refractivity contribution in [2.24, 2.45) is 0 Å². The van der Waals surface area contributed by atoms with E-state index >= 15 is 0 Å². The average Bonchev–Trinajstić information content (AvgIpc) is 2.54. The minimum Gasteiger partial charge on any atom is -0.482 e. The van der Waals surface area contributed by atoms with Gasteiger partial charge in [-0.15, -0.1) is 0 Å². The van der Waals surface area contributed by atoms with Crippen LogP contribution in [0.1, 0.15) is 30.9 Å². The zero-order valence-corrected chi connectivity index (χ0v) is 16.8. The van der Waals surface area contributed by atoms with Gasteiger partial charge in [0.1, 0.15) is 5.75 Å². The molecule has 26 heavy (non-hydrogen) atoms. The molecule has 138 valence electrons. The summed E-state index contributed by atoms with van der Waals surface area (Å²) in [5.74, 6) is 0.347. The van der Waals surface area contributed by atoms with E-state index in [0.717, 1.165) is 22.0 Å². The van der Waals surface area contributed by atoms with E-state index in [1.54, 1.807) is 24.3 Å². The fourth-order valence-corrected chi connectivity index (χ4v) is 3.33. The van der Waals surface area contributed by atoms with E-state index in [0.29, 0.717) is 23.5 Å². The molecule has 0 fully saturated rings. The van der Waals surface area contributed by atoms with E-state index in [1.165, 1.54) is 0 Å². The number of rotatable bonds is 7. The Hall–Kier alpha value is -2.34. The van der Waals surface area contributed by atoms with Gasteiger partial charge in [0, 0.05) is 17.8 Å². The normalized spacial score (nSPS) is 10.3. The SMILES string of the molecule is CCCC(=O)Nc1cccc(NC(=O)COc2c(C)cc(C)cc2Br)c1. The predicted octanol–water partition coefficient (Wildman–Crippen LogP) is 4.82. The highest BCUT2D eigenvalue weighted by molar-refractivity contribution is 9.10. The summed E-state index contributed by atoms with van der Waals surface area (Å²) in [5.41, 5.74) is 3.34. The van der Waals surface area contributed by atoms with Crippen molar-refractivity contribution >= 4 is 39.1 Å². The lowest BCUT2D eigenvalue weighted by molar-refractivity contribution is -0.118. The molecule has 2 amide bonds. The van der Waals surface area contributed by atoms with Gasteiger partial charge in [-0.2, -0.15) is 0 Å². The number of ether oxygens (including phenoxy) is 1. The van der Waals surface area contributed by atoms with Crippen molar-refractivity contribution in [1.29, 1.82) is 0 Å².